The molecule has 1 N–H and O–H groups in total. The normalized spacial score (nSPS) is 39.3. The monoisotopic (exact) mass is 295 g/mol. The first kappa shape index (κ1) is 14.8. The van der Waals surface area contributed by atoms with Gasteiger partial charge in [-0.05, 0) is 26.8 Å². The molecule has 21 heavy (non-hydrogen) atoms. The van der Waals surface area contributed by atoms with Crippen LogP contribution in [0.3, 0.4) is 0 Å². The smallest absolute Gasteiger partial charge is 0.313 e. The summed E-state index contributed by atoms with van der Waals surface area (Å²) in [6.45, 7) is 9.33. The van der Waals surface area contributed by atoms with E-state index in [9.17, 15) is 9.59 Å². The van der Waals surface area contributed by atoms with Gasteiger partial charge in [-0.25, -0.2) is 5.01 Å². The average molecular weight is 295 g/mol. The SMILES string of the molecule is CN1CCN(NC(=O)[C@@]23CC[C@](C)(C(=O)O2)C3(C)C)CC1. The van der Waals surface area contributed by atoms with Gasteiger partial charge in [0.2, 0.25) is 0 Å². The molecular formula is C15H25N3O3. The third-order valence-electron chi connectivity index (χ3n) is 6.21. The molecule has 3 rings (SSSR count). The van der Waals surface area contributed by atoms with Crippen LogP contribution >= 0.6 is 0 Å². The van der Waals surface area contributed by atoms with Crippen LogP contribution < -0.4 is 5.43 Å². The number of ether oxygens (including phenoxy) is 1. The largest absolute Gasteiger partial charge is 0.448 e. The van der Waals surface area contributed by atoms with E-state index in [1.54, 1.807) is 0 Å². The van der Waals surface area contributed by atoms with Gasteiger partial charge in [0.15, 0.2) is 5.60 Å². The highest BCUT2D eigenvalue weighted by Gasteiger charge is 2.75. The van der Waals surface area contributed by atoms with Crippen molar-refractivity contribution in [2.24, 2.45) is 10.8 Å². The van der Waals surface area contributed by atoms with Gasteiger partial charge in [-0.3, -0.25) is 15.0 Å². The Morgan fingerprint density at radius 3 is 2.24 bits per heavy atom. The summed E-state index contributed by atoms with van der Waals surface area (Å²) in [5.41, 5.74) is 0.944. The second-order valence-corrected chi connectivity index (χ2v) is 7.40. The van der Waals surface area contributed by atoms with Crippen molar-refractivity contribution in [2.75, 3.05) is 33.2 Å². The molecule has 0 radical (unpaired) electrons. The van der Waals surface area contributed by atoms with Gasteiger partial charge in [0.05, 0.1) is 5.41 Å². The van der Waals surface area contributed by atoms with E-state index in [2.05, 4.69) is 17.4 Å². The van der Waals surface area contributed by atoms with Crippen molar-refractivity contribution < 1.29 is 14.3 Å². The number of amides is 1. The van der Waals surface area contributed by atoms with Crippen LogP contribution in [-0.2, 0) is 14.3 Å². The fraction of sp³-hybridized carbons (Fsp3) is 0.867. The van der Waals surface area contributed by atoms with E-state index >= 15 is 0 Å². The van der Waals surface area contributed by atoms with Crippen molar-refractivity contribution in [2.45, 2.75) is 39.2 Å². The van der Waals surface area contributed by atoms with Gasteiger partial charge < -0.3 is 9.64 Å². The van der Waals surface area contributed by atoms with Gasteiger partial charge in [0.1, 0.15) is 0 Å². The summed E-state index contributed by atoms with van der Waals surface area (Å²) < 4.78 is 5.60. The van der Waals surface area contributed by atoms with Crippen molar-refractivity contribution in [3.05, 3.63) is 0 Å². The average Bonchev–Trinajstić information content (AvgIpc) is 2.72. The first-order chi connectivity index (χ1) is 9.73. The minimum absolute atomic E-state index is 0.161. The summed E-state index contributed by atoms with van der Waals surface area (Å²) in [5, 5.41) is 1.94. The van der Waals surface area contributed by atoms with Gasteiger partial charge in [-0.2, -0.15) is 0 Å². The molecule has 0 spiro atoms. The highest BCUT2D eigenvalue weighted by molar-refractivity contribution is 5.96. The van der Waals surface area contributed by atoms with Crippen LogP contribution in [0.5, 0.6) is 0 Å². The number of nitrogens with one attached hydrogen (secondary N) is 1. The number of piperazine rings is 1. The predicted molar refractivity (Wildman–Crippen MR) is 77.2 cm³/mol. The number of carbonyl (C=O) groups excluding carboxylic acids is 2. The van der Waals surface area contributed by atoms with Crippen LogP contribution in [-0.4, -0.2) is 60.6 Å². The lowest BCUT2D eigenvalue weighted by molar-refractivity contribution is -0.171. The molecule has 0 aromatic carbocycles. The van der Waals surface area contributed by atoms with Crippen LogP contribution in [0, 0.1) is 10.8 Å². The van der Waals surface area contributed by atoms with Gasteiger partial charge in [0, 0.05) is 31.6 Å². The lowest BCUT2D eigenvalue weighted by Crippen LogP contribution is -2.60. The highest BCUT2D eigenvalue weighted by Crippen LogP contribution is 2.65. The zero-order chi connectivity index (χ0) is 15.5. The van der Waals surface area contributed by atoms with Crippen molar-refractivity contribution in [3.63, 3.8) is 0 Å². The lowest BCUT2D eigenvalue weighted by Gasteiger charge is -2.38. The van der Waals surface area contributed by atoms with E-state index in [4.69, 9.17) is 4.74 Å². The van der Waals surface area contributed by atoms with E-state index in [1.807, 2.05) is 25.8 Å². The second kappa shape index (κ2) is 4.43. The maximum Gasteiger partial charge on any atom is 0.313 e. The Kier molecular flexibility index (Phi) is 3.12. The van der Waals surface area contributed by atoms with Crippen LogP contribution in [0.4, 0.5) is 0 Å². The van der Waals surface area contributed by atoms with Crippen LogP contribution in [0.1, 0.15) is 33.6 Å². The van der Waals surface area contributed by atoms with Crippen LogP contribution in [0.15, 0.2) is 0 Å². The van der Waals surface area contributed by atoms with E-state index in [0.29, 0.717) is 6.42 Å². The summed E-state index contributed by atoms with van der Waals surface area (Å²) in [6, 6.07) is 0. The van der Waals surface area contributed by atoms with Crippen molar-refractivity contribution in [3.8, 4) is 0 Å². The topological polar surface area (TPSA) is 61.9 Å². The molecule has 6 heteroatoms. The molecule has 2 heterocycles. The number of nitrogens with zero attached hydrogens (tertiary/aromatic N) is 2. The molecule has 2 saturated heterocycles. The van der Waals surface area contributed by atoms with Crippen LogP contribution in [0.2, 0.25) is 0 Å². The molecule has 1 amide bonds. The number of hydrogen-bond acceptors (Lipinski definition) is 5. The Balaban J connectivity index is 1.77. The molecule has 118 valence electrons. The second-order valence-electron chi connectivity index (χ2n) is 7.40. The maximum atomic E-state index is 12.8. The number of hydrogen-bond donors (Lipinski definition) is 1. The fourth-order valence-corrected chi connectivity index (χ4v) is 3.90. The van der Waals surface area contributed by atoms with E-state index in [-0.39, 0.29) is 11.9 Å². The molecule has 3 fully saturated rings. The minimum atomic E-state index is -1.01. The van der Waals surface area contributed by atoms with Crippen LogP contribution in [0.25, 0.3) is 0 Å². The lowest BCUT2D eigenvalue weighted by atomic mass is 9.66. The molecular weight excluding hydrogens is 270 g/mol. The zero-order valence-electron chi connectivity index (χ0n) is 13.4. The van der Waals surface area contributed by atoms with Gasteiger partial charge >= 0.3 is 5.97 Å². The molecule has 0 aromatic heterocycles. The summed E-state index contributed by atoms with van der Waals surface area (Å²) >= 11 is 0. The molecule has 2 bridgehead atoms. The molecule has 3 aliphatic rings. The molecule has 0 aromatic rings. The van der Waals surface area contributed by atoms with Gasteiger partial charge in [0.25, 0.3) is 5.91 Å². The minimum Gasteiger partial charge on any atom is -0.448 e. The third kappa shape index (κ3) is 1.78. The molecule has 6 nitrogen and oxygen atoms in total. The predicted octanol–water partition coefficient (Wildman–Crippen LogP) is 0.387. The zero-order valence-corrected chi connectivity index (χ0v) is 13.4. The Morgan fingerprint density at radius 2 is 1.76 bits per heavy atom. The summed E-state index contributed by atoms with van der Waals surface area (Å²) in [5.74, 6) is -0.390. The Bertz CT molecular complexity index is 485. The summed E-state index contributed by atoms with van der Waals surface area (Å²) in [6.07, 6.45) is 1.33. The van der Waals surface area contributed by atoms with Crippen molar-refractivity contribution >= 4 is 11.9 Å². The standard InChI is InChI=1S/C15H25N3O3/c1-13(2)14(3)5-6-15(13,21-12(14)20)11(19)16-18-9-7-17(4)8-10-18/h5-10H2,1-4H3,(H,16,19)/t14-,15-/m1/s1. The third-order valence-corrected chi connectivity index (χ3v) is 6.21. The quantitative estimate of drug-likeness (QED) is 0.747. The maximum absolute atomic E-state index is 12.8. The first-order valence-electron chi connectivity index (χ1n) is 7.71. The molecule has 2 atom stereocenters. The fourth-order valence-electron chi connectivity index (χ4n) is 3.90. The first-order valence-corrected chi connectivity index (χ1v) is 7.71. The molecule has 1 saturated carbocycles. The number of fused-ring (bicyclic) bond motifs is 2. The number of rotatable bonds is 2. The van der Waals surface area contributed by atoms with E-state index in [1.165, 1.54) is 0 Å². The number of likely N-dealkylation sites (N-methyl/N-ethyl adjacent to an activating group) is 1. The number of hydrazine groups is 1. The number of esters is 1. The molecule has 2 aliphatic heterocycles. The summed E-state index contributed by atoms with van der Waals surface area (Å²) in [4.78, 5) is 27.3. The molecule has 1 aliphatic carbocycles. The van der Waals surface area contributed by atoms with Gasteiger partial charge in [-0.1, -0.05) is 13.8 Å². The van der Waals surface area contributed by atoms with Crippen molar-refractivity contribution in [1.29, 1.82) is 0 Å². The Hall–Kier alpha value is -1.14. The van der Waals surface area contributed by atoms with Gasteiger partial charge in [-0.15, -0.1) is 0 Å². The van der Waals surface area contributed by atoms with Crippen molar-refractivity contribution in [1.82, 2.24) is 15.3 Å². The Morgan fingerprint density at radius 1 is 1.14 bits per heavy atom. The highest BCUT2D eigenvalue weighted by atomic mass is 16.6. The Labute approximate surface area is 125 Å². The number of carbonyl (C=O) groups is 2. The summed E-state index contributed by atoms with van der Waals surface area (Å²) in [7, 11) is 2.07. The molecule has 0 unspecified atom stereocenters. The van der Waals surface area contributed by atoms with E-state index < -0.39 is 16.4 Å². The van der Waals surface area contributed by atoms with E-state index in [0.717, 1.165) is 32.6 Å².